The van der Waals surface area contributed by atoms with Gasteiger partial charge in [0.2, 0.25) is 0 Å². The van der Waals surface area contributed by atoms with Crippen LogP contribution in [0, 0.1) is 6.92 Å². The number of nitrogens with zero attached hydrogens (tertiary/aromatic N) is 4. The number of rotatable bonds is 8. The van der Waals surface area contributed by atoms with Gasteiger partial charge >= 0.3 is 0 Å². The maximum absolute atomic E-state index is 12.2. The summed E-state index contributed by atoms with van der Waals surface area (Å²) in [5, 5.41) is 59.8. The predicted molar refractivity (Wildman–Crippen MR) is 181 cm³/mol. The van der Waals surface area contributed by atoms with E-state index in [-0.39, 0.29) is 62.6 Å². The minimum Gasteiger partial charge on any atom is -0.510 e. The van der Waals surface area contributed by atoms with E-state index in [9.17, 15) is 30.0 Å². The zero-order valence-electron chi connectivity index (χ0n) is 25.6. The van der Waals surface area contributed by atoms with Crippen LogP contribution in [0.4, 0.5) is 22.7 Å². The van der Waals surface area contributed by atoms with E-state index in [2.05, 4.69) is 31.1 Å². The Morgan fingerprint density at radius 3 is 1.52 bits per heavy atom. The Bertz CT molecular complexity index is 1860. The van der Waals surface area contributed by atoms with Crippen LogP contribution in [-0.4, -0.2) is 32.2 Å². The van der Waals surface area contributed by atoms with Gasteiger partial charge in [-0.3, -0.25) is 9.59 Å². The van der Waals surface area contributed by atoms with Crippen LogP contribution in [0.15, 0.2) is 134 Å². The van der Waals surface area contributed by atoms with Crippen molar-refractivity contribution in [1.82, 2.24) is 0 Å². The summed E-state index contributed by atoms with van der Waals surface area (Å²) >= 11 is 11.8. The van der Waals surface area contributed by atoms with Crippen molar-refractivity contribution in [1.29, 1.82) is 0 Å². The fourth-order valence-corrected chi connectivity index (χ4v) is 3.83. The monoisotopic (exact) mass is 735 g/mol. The van der Waals surface area contributed by atoms with Crippen LogP contribution >= 0.6 is 23.2 Å². The Labute approximate surface area is 296 Å². The molecule has 0 aromatic heterocycles. The van der Waals surface area contributed by atoms with Crippen LogP contribution in [0.3, 0.4) is 0 Å². The van der Waals surface area contributed by atoms with Crippen molar-refractivity contribution in [2.24, 2.45) is 20.5 Å². The summed E-state index contributed by atoms with van der Waals surface area (Å²) < 4.78 is 0. The van der Waals surface area contributed by atoms with Crippen LogP contribution in [0.2, 0.25) is 10.0 Å². The number of nitrogens with one attached hydrogen (secondary N) is 2. The van der Waals surface area contributed by atoms with Crippen molar-refractivity contribution >= 4 is 57.8 Å². The molecule has 0 fully saturated rings. The number of allylic oxidation sites excluding steroid dienone is 2. The van der Waals surface area contributed by atoms with E-state index in [4.69, 9.17) is 23.2 Å². The second kappa shape index (κ2) is 18.8. The molecule has 4 aromatic carbocycles. The molecule has 0 unspecified atom stereocenters. The second-order valence-corrected chi connectivity index (χ2v) is 10.5. The Balaban J connectivity index is 0.000000327. The first kappa shape index (κ1) is 39.0. The first-order valence-electron chi connectivity index (χ1n) is 13.7. The molecule has 2 amide bonds. The third-order valence-electron chi connectivity index (χ3n) is 5.89. The molecule has 15 heteroatoms. The van der Waals surface area contributed by atoms with Crippen molar-refractivity contribution < 1.29 is 46.8 Å². The maximum Gasteiger partial charge on any atom is 0.279 e. The normalized spacial score (nSPS) is 11.9. The fourth-order valence-electron chi connectivity index (χ4n) is 3.51. The summed E-state index contributed by atoms with van der Waals surface area (Å²) in [6.45, 7) is 4.37. The number of aryl methyl sites for hydroxylation is 1. The summed E-state index contributed by atoms with van der Waals surface area (Å²) in [6, 6.07) is 24.6. The number of aliphatic hydroxyl groups excluding tert-OH is 2. The summed E-state index contributed by atoms with van der Waals surface area (Å²) in [6.07, 6.45) is 0. The number of aromatic hydroxyl groups is 2. The standard InChI is InChI=1S/C17H16ClN3O3.C16H14ClN3O3.Co/c1-10-8-15(23)14(9-13(10)18)20-21-16(11(2)22)17(24)19-12-6-4-3-5-7-12;1-10(21)15(16(23)18-12-5-3-2-4-6-12)20-19-13-9-11(17)7-8-14(13)22;/h3-9,22-23H,1-2H3,(H,19,24);2-9,21-22H,1H3,(H,18,23);/b16-11-,21-20?;15-10-,20-19?;. The van der Waals surface area contributed by atoms with E-state index in [1.807, 2.05) is 12.1 Å². The number of halogens is 2. The van der Waals surface area contributed by atoms with Gasteiger partial charge in [0.15, 0.2) is 11.4 Å². The molecular weight excluding hydrogens is 706 g/mol. The molecule has 12 nitrogen and oxygen atoms in total. The number of carbonyl (C=O) groups excluding carboxylic acids is 2. The quantitative estimate of drug-likeness (QED) is 0.0594. The number of hydrogen-bond acceptors (Lipinski definition) is 10. The minimum absolute atomic E-state index is 0. The van der Waals surface area contributed by atoms with Crippen LogP contribution in [0.5, 0.6) is 11.5 Å². The average molecular weight is 736 g/mol. The van der Waals surface area contributed by atoms with Crippen molar-refractivity contribution in [3.8, 4) is 11.5 Å². The SMILES string of the molecule is C/C(O)=C(/N=Nc1cc(Cl)c(C)cc1O)C(=O)Nc1ccccc1.C/C(O)=C(/N=Nc1cc(Cl)ccc1O)C(=O)Nc1ccccc1.[Co]. The molecule has 0 atom stereocenters. The third-order valence-corrected chi connectivity index (χ3v) is 6.53. The number of benzene rings is 4. The molecule has 0 spiro atoms. The van der Waals surface area contributed by atoms with Gasteiger partial charge in [-0.2, -0.15) is 0 Å². The summed E-state index contributed by atoms with van der Waals surface area (Å²) in [7, 11) is 0. The minimum atomic E-state index is -0.624. The van der Waals surface area contributed by atoms with Crippen molar-refractivity contribution in [3.63, 3.8) is 0 Å². The number of azo groups is 2. The van der Waals surface area contributed by atoms with Gasteiger partial charge in [-0.25, -0.2) is 0 Å². The number of amides is 2. The number of para-hydroxylation sites is 2. The third kappa shape index (κ3) is 11.9. The summed E-state index contributed by atoms with van der Waals surface area (Å²) in [4.78, 5) is 24.4. The first-order chi connectivity index (χ1) is 22.3. The topological polar surface area (TPSA) is 189 Å². The van der Waals surface area contributed by atoms with E-state index >= 15 is 0 Å². The average Bonchev–Trinajstić information content (AvgIpc) is 3.02. The van der Waals surface area contributed by atoms with E-state index in [0.717, 1.165) is 0 Å². The molecular formula is C33H30Cl2CoN6O6. The molecule has 4 rings (SSSR count). The number of phenols is 2. The van der Waals surface area contributed by atoms with Crippen LogP contribution in [0.25, 0.3) is 0 Å². The van der Waals surface area contributed by atoms with Crippen LogP contribution < -0.4 is 10.6 Å². The molecule has 0 bridgehead atoms. The summed E-state index contributed by atoms with van der Waals surface area (Å²) in [5.74, 6) is -2.12. The molecule has 0 saturated heterocycles. The van der Waals surface area contributed by atoms with Gasteiger partial charge in [0.1, 0.15) is 34.4 Å². The molecule has 251 valence electrons. The van der Waals surface area contributed by atoms with E-state index in [1.54, 1.807) is 55.5 Å². The molecule has 48 heavy (non-hydrogen) atoms. The largest absolute Gasteiger partial charge is 0.510 e. The maximum atomic E-state index is 12.2. The van der Waals surface area contributed by atoms with Gasteiger partial charge in [0.05, 0.1) is 0 Å². The Kier molecular flexibility index (Phi) is 15.3. The number of carbonyl (C=O) groups is 2. The van der Waals surface area contributed by atoms with Gasteiger partial charge in [-0.1, -0.05) is 59.6 Å². The van der Waals surface area contributed by atoms with Crippen LogP contribution in [0.1, 0.15) is 19.4 Å². The molecule has 0 aliphatic rings. The van der Waals surface area contributed by atoms with Crippen molar-refractivity contribution in [3.05, 3.63) is 130 Å². The molecule has 0 aliphatic carbocycles. The van der Waals surface area contributed by atoms with Crippen molar-refractivity contribution in [2.75, 3.05) is 10.6 Å². The van der Waals surface area contributed by atoms with Gasteiger partial charge in [0, 0.05) is 38.2 Å². The molecule has 1 radical (unpaired) electrons. The number of aliphatic hydroxyl groups is 2. The smallest absolute Gasteiger partial charge is 0.279 e. The predicted octanol–water partition coefficient (Wildman–Crippen LogP) is 9.42. The molecule has 6 N–H and O–H groups in total. The van der Waals surface area contributed by atoms with Gasteiger partial charge in [0.25, 0.3) is 11.8 Å². The van der Waals surface area contributed by atoms with E-state index in [1.165, 1.54) is 44.2 Å². The first-order valence-corrected chi connectivity index (χ1v) is 14.4. The number of anilines is 2. The van der Waals surface area contributed by atoms with E-state index in [0.29, 0.717) is 27.0 Å². The fraction of sp³-hybridized carbons (Fsp3) is 0.0909. The van der Waals surface area contributed by atoms with E-state index < -0.39 is 11.8 Å². The summed E-state index contributed by atoms with van der Waals surface area (Å²) in [5.41, 5.74) is 1.43. The molecule has 0 saturated carbocycles. The van der Waals surface area contributed by atoms with Crippen LogP contribution in [-0.2, 0) is 26.4 Å². The van der Waals surface area contributed by atoms with Crippen molar-refractivity contribution in [2.45, 2.75) is 20.8 Å². The Hall–Kier alpha value is -5.21. The second-order valence-electron chi connectivity index (χ2n) is 9.63. The Morgan fingerprint density at radius 1 is 0.646 bits per heavy atom. The molecule has 0 heterocycles. The zero-order chi connectivity index (χ0) is 34.5. The number of phenolic OH excluding ortho intramolecular Hbond substituents is 2. The Morgan fingerprint density at radius 2 is 1.08 bits per heavy atom. The zero-order valence-corrected chi connectivity index (χ0v) is 28.2. The number of hydrogen-bond donors (Lipinski definition) is 6. The molecule has 4 aromatic rings. The molecule has 0 aliphatic heterocycles. The van der Waals surface area contributed by atoms with Gasteiger partial charge in [-0.05, 0) is 80.9 Å². The van der Waals surface area contributed by atoms with Gasteiger partial charge < -0.3 is 31.1 Å². The van der Waals surface area contributed by atoms with Gasteiger partial charge in [-0.15, -0.1) is 20.5 Å².